The third kappa shape index (κ3) is 3.73. The van der Waals surface area contributed by atoms with Crippen molar-refractivity contribution in [3.63, 3.8) is 0 Å². The molecule has 0 amide bonds. The monoisotopic (exact) mass is 365 g/mol. The van der Waals surface area contributed by atoms with Gasteiger partial charge in [0.1, 0.15) is 12.0 Å². The normalized spacial score (nSPS) is 15.2. The Hall–Kier alpha value is -3.06. The summed E-state index contributed by atoms with van der Waals surface area (Å²) in [6, 6.07) is 7.67. The zero-order valence-electron chi connectivity index (χ0n) is 15.8. The van der Waals surface area contributed by atoms with Crippen molar-refractivity contribution in [2.45, 2.75) is 39.8 Å². The van der Waals surface area contributed by atoms with E-state index < -0.39 is 5.60 Å². The fourth-order valence-corrected chi connectivity index (χ4v) is 2.79. The van der Waals surface area contributed by atoms with Crippen LogP contribution in [-0.2, 0) is 12.1 Å². The average molecular weight is 365 g/mol. The molecule has 0 saturated heterocycles. The molecule has 1 aromatic carbocycles. The molecule has 0 atom stereocenters. The SMILES string of the molecule is CC(=N)/C(C)=C1\C(=N)Oc2c(NCc3ccc(C(C)(C)O)cc3)ncnc21. The lowest BCUT2D eigenvalue weighted by molar-refractivity contribution is 0.0786. The first-order valence-corrected chi connectivity index (χ1v) is 8.62. The second-order valence-electron chi connectivity index (χ2n) is 7.07. The molecule has 0 bridgehead atoms. The van der Waals surface area contributed by atoms with Gasteiger partial charge in [0.05, 0.1) is 11.2 Å². The van der Waals surface area contributed by atoms with Crippen LogP contribution in [0.5, 0.6) is 5.75 Å². The number of hydrogen-bond donors (Lipinski definition) is 4. The van der Waals surface area contributed by atoms with Crippen LogP contribution in [0, 0.1) is 10.8 Å². The zero-order valence-corrected chi connectivity index (χ0v) is 15.8. The fraction of sp³-hybridized carbons (Fsp3) is 0.300. The molecular formula is C20H23N5O2. The molecule has 0 aliphatic carbocycles. The van der Waals surface area contributed by atoms with Gasteiger partial charge in [0.2, 0.25) is 5.90 Å². The highest BCUT2D eigenvalue weighted by molar-refractivity contribution is 6.28. The van der Waals surface area contributed by atoms with Crippen molar-refractivity contribution in [2.75, 3.05) is 5.32 Å². The Kier molecular flexibility index (Phi) is 4.80. The van der Waals surface area contributed by atoms with E-state index in [4.69, 9.17) is 15.6 Å². The van der Waals surface area contributed by atoms with Crippen molar-refractivity contribution in [3.8, 4) is 5.75 Å². The van der Waals surface area contributed by atoms with E-state index in [9.17, 15) is 5.11 Å². The van der Waals surface area contributed by atoms with Crippen LogP contribution in [0.1, 0.15) is 44.5 Å². The van der Waals surface area contributed by atoms with Gasteiger partial charge in [0.25, 0.3) is 0 Å². The quantitative estimate of drug-likeness (QED) is 0.605. The van der Waals surface area contributed by atoms with E-state index in [1.54, 1.807) is 27.7 Å². The lowest BCUT2D eigenvalue weighted by atomic mass is 9.97. The lowest BCUT2D eigenvalue weighted by Gasteiger charge is -2.18. The van der Waals surface area contributed by atoms with Gasteiger partial charge < -0.3 is 20.6 Å². The Morgan fingerprint density at radius 3 is 2.44 bits per heavy atom. The van der Waals surface area contributed by atoms with E-state index in [2.05, 4.69) is 15.3 Å². The predicted molar refractivity (Wildman–Crippen MR) is 105 cm³/mol. The first-order chi connectivity index (χ1) is 12.7. The summed E-state index contributed by atoms with van der Waals surface area (Å²) in [4.78, 5) is 8.48. The first-order valence-electron chi connectivity index (χ1n) is 8.62. The first kappa shape index (κ1) is 18.7. The minimum absolute atomic E-state index is 0.0211. The van der Waals surface area contributed by atoms with Crippen LogP contribution >= 0.6 is 0 Å². The van der Waals surface area contributed by atoms with Gasteiger partial charge in [0.15, 0.2) is 11.6 Å². The summed E-state index contributed by atoms with van der Waals surface area (Å²) in [7, 11) is 0. The van der Waals surface area contributed by atoms with Crippen molar-refractivity contribution in [1.29, 1.82) is 10.8 Å². The number of hydrogen-bond acceptors (Lipinski definition) is 7. The van der Waals surface area contributed by atoms with Crippen LogP contribution in [-0.4, -0.2) is 26.7 Å². The molecular weight excluding hydrogens is 342 g/mol. The number of nitrogens with one attached hydrogen (secondary N) is 3. The number of aromatic nitrogens is 2. The molecule has 1 aliphatic rings. The summed E-state index contributed by atoms with van der Waals surface area (Å²) >= 11 is 0. The van der Waals surface area contributed by atoms with Crippen LogP contribution in [0.15, 0.2) is 36.2 Å². The zero-order chi connectivity index (χ0) is 19.8. The standard InChI is InChI=1S/C20H23N5O2/c1-11(12(2)21)15-16-17(27-18(15)22)19(25-10-24-16)23-9-13-5-7-14(8-6-13)20(3,4)26/h5-8,10,21-22,26H,9H2,1-4H3,(H,23,24,25)/b15-11-,21-12?,22-18?. The van der Waals surface area contributed by atoms with E-state index in [1.165, 1.54) is 6.33 Å². The van der Waals surface area contributed by atoms with Crippen LogP contribution < -0.4 is 10.1 Å². The molecule has 3 rings (SSSR count). The number of anilines is 1. The van der Waals surface area contributed by atoms with Crippen molar-refractivity contribution in [1.82, 2.24) is 9.97 Å². The van der Waals surface area contributed by atoms with Crippen LogP contribution in [0.4, 0.5) is 5.82 Å². The molecule has 0 radical (unpaired) electrons. The highest BCUT2D eigenvalue weighted by Gasteiger charge is 2.31. The molecule has 7 heteroatoms. The van der Waals surface area contributed by atoms with Crippen molar-refractivity contribution in [3.05, 3.63) is 53.0 Å². The molecule has 7 nitrogen and oxygen atoms in total. The van der Waals surface area contributed by atoms with Gasteiger partial charge in [-0.1, -0.05) is 24.3 Å². The van der Waals surface area contributed by atoms with Crippen molar-refractivity contribution < 1.29 is 9.84 Å². The number of nitrogens with zero attached hydrogens (tertiary/aromatic N) is 2. The second-order valence-corrected chi connectivity index (χ2v) is 7.07. The Morgan fingerprint density at radius 2 is 1.85 bits per heavy atom. The molecule has 2 heterocycles. The summed E-state index contributed by atoms with van der Waals surface area (Å²) in [5.74, 6) is 0.889. The van der Waals surface area contributed by atoms with Crippen molar-refractivity contribution >= 4 is 23.0 Å². The Bertz CT molecular complexity index is 940. The van der Waals surface area contributed by atoms with Gasteiger partial charge in [-0.25, -0.2) is 9.97 Å². The van der Waals surface area contributed by atoms with Gasteiger partial charge in [-0.05, 0) is 44.4 Å². The largest absolute Gasteiger partial charge is 0.433 e. The van der Waals surface area contributed by atoms with E-state index in [0.717, 1.165) is 11.1 Å². The van der Waals surface area contributed by atoms with Crippen LogP contribution in [0.25, 0.3) is 5.57 Å². The van der Waals surface area contributed by atoms with Gasteiger partial charge in [0, 0.05) is 12.3 Å². The highest BCUT2D eigenvalue weighted by Crippen LogP contribution is 2.39. The Morgan fingerprint density at radius 1 is 1.19 bits per heavy atom. The number of fused-ring (bicyclic) bond motifs is 1. The van der Waals surface area contributed by atoms with Gasteiger partial charge in [-0.3, -0.25) is 5.41 Å². The smallest absolute Gasteiger partial charge is 0.222 e. The highest BCUT2D eigenvalue weighted by atomic mass is 16.5. The molecule has 0 saturated carbocycles. The summed E-state index contributed by atoms with van der Waals surface area (Å²) in [5, 5.41) is 29.2. The van der Waals surface area contributed by atoms with E-state index in [0.29, 0.717) is 40.7 Å². The fourth-order valence-electron chi connectivity index (χ4n) is 2.79. The van der Waals surface area contributed by atoms with Crippen LogP contribution in [0.3, 0.4) is 0 Å². The number of aliphatic hydroxyl groups is 1. The number of benzene rings is 1. The molecule has 27 heavy (non-hydrogen) atoms. The van der Waals surface area contributed by atoms with Gasteiger partial charge in [-0.15, -0.1) is 0 Å². The summed E-state index contributed by atoms with van der Waals surface area (Å²) in [5.41, 5.74) is 3.07. The average Bonchev–Trinajstić information content (AvgIpc) is 2.95. The molecule has 1 aliphatic heterocycles. The number of ether oxygens (including phenoxy) is 1. The third-order valence-electron chi connectivity index (χ3n) is 4.53. The summed E-state index contributed by atoms with van der Waals surface area (Å²) < 4.78 is 5.58. The molecule has 1 aromatic heterocycles. The minimum Gasteiger partial charge on any atom is -0.433 e. The maximum Gasteiger partial charge on any atom is 0.222 e. The van der Waals surface area contributed by atoms with Gasteiger partial charge >= 0.3 is 0 Å². The lowest BCUT2D eigenvalue weighted by Crippen LogP contribution is -2.15. The summed E-state index contributed by atoms with van der Waals surface area (Å²) in [6.45, 7) is 7.46. The van der Waals surface area contributed by atoms with Gasteiger partial charge in [-0.2, -0.15) is 0 Å². The Labute approximate surface area is 158 Å². The minimum atomic E-state index is -0.874. The molecule has 0 fully saturated rings. The predicted octanol–water partition coefficient (Wildman–Crippen LogP) is 3.50. The van der Waals surface area contributed by atoms with E-state index >= 15 is 0 Å². The molecule has 2 aromatic rings. The molecule has 140 valence electrons. The number of allylic oxidation sites excluding steroid dienone is 1. The summed E-state index contributed by atoms with van der Waals surface area (Å²) in [6.07, 6.45) is 1.42. The second kappa shape index (κ2) is 6.92. The Balaban J connectivity index is 1.84. The van der Waals surface area contributed by atoms with Crippen molar-refractivity contribution in [2.24, 2.45) is 0 Å². The number of rotatable bonds is 5. The molecule has 0 spiro atoms. The molecule has 4 N–H and O–H groups in total. The maximum atomic E-state index is 10.0. The molecule has 0 unspecified atom stereocenters. The third-order valence-corrected chi connectivity index (χ3v) is 4.53. The van der Waals surface area contributed by atoms with Crippen LogP contribution in [0.2, 0.25) is 0 Å². The maximum absolute atomic E-state index is 10.0. The van der Waals surface area contributed by atoms with E-state index in [1.807, 2.05) is 24.3 Å². The van der Waals surface area contributed by atoms with E-state index in [-0.39, 0.29) is 5.90 Å². The topological polar surface area (TPSA) is 115 Å².